The van der Waals surface area contributed by atoms with E-state index < -0.39 is 0 Å². The van der Waals surface area contributed by atoms with Gasteiger partial charge in [0.1, 0.15) is 17.8 Å². The fraction of sp³-hybridized carbons (Fsp3) is 0.421. The first-order chi connectivity index (χ1) is 12.6. The van der Waals surface area contributed by atoms with Crippen molar-refractivity contribution in [3.8, 4) is 0 Å². The second-order valence-electron chi connectivity index (χ2n) is 6.70. The summed E-state index contributed by atoms with van der Waals surface area (Å²) >= 11 is 0. The van der Waals surface area contributed by atoms with Gasteiger partial charge >= 0.3 is 0 Å². The summed E-state index contributed by atoms with van der Waals surface area (Å²) in [4.78, 5) is 14.0. The second-order valence-corrected chi connectivity index (χ2v) is 6.70. The topological polar surface area (TPSA) is 83.5 Å². The Balaban J connectivity index is 0.00000261. The van der Waals surface area contributed by atoms with Crippen molar-refractivity contribution in [1.29, 1.82) is 0 Å². The first kappa shape index (κ1) is 21.4. The van der Waals surface area contributed by atoms with E-state index in [1.165, 1.54) is 12.3 Å². The minimum atomic E-state index is -0.218. The first-order valence-corrected chi connectivity index (χ1v) is 8.86. The number of rotatable bonds is 7. The first-order valence-electron chi connectivity index (χ1n) is 8.86. The number of nitrogens with two attached hydrogens (primary N) is 1. The van der Waals surface area contributed by atoms with Crippen LogP contribution in [0.2, 0.25) is 0 Å². The largest absolute Gasteiger partial charge is 0.467 e. The van der Waals surface area contributed by atoms with Crippen LogP contribution >= 0.6 is 12.4 Å². The number of halogens is 2. The Kier molecular flexibility index (Phi) is 7.79. The zero-order valence-corrected chi connectivity index (χ0v) is 16.1. The maximum atomic E-state index is 13.3. The molecule has 3 rings (SSSR count). The molecule has 1 amide bonds. The van der Waals surface area contributed by atoms with Gasteiger partial charge in [0.05, 0.1) is 12.1 Å². The molecule has 0 spiro atoms. The molecule has 2 heterocycles. The quantitative estimate of drug-likeness (QED) is 0.670. The van der Waals surface area contributed by atoms with Gasteiger partial charge in [0.25, 0.3) is 5.91 Å². The van der Waals surface area contributed by atoms with Crippen LogP contribution in [0.15, 0.2) is 41.0 Å². The van der Waals surface area contributed by atoms with Crippen molar-refractivity contribution in [2.24, 2.45) is 5.73 Å². The third kappa shape index (κ3) is 5.52. The van der Waals surface area contributed by atoms with Gasteiger partial charge in [0.15, 0.2) is 0 Å². The Morgan fingerprint density at radius 2 is 2.19 bits per heavy atom. The summed E-state index contributed by atoms with van der Waals surface area (Å²) in [7, 11) is 1.79. The zero-order chi connectivity index (χ0) is 18.5. The van der Waals surface area contributed by atoms with Crippen LogP contribution < -0.4 is 16.6 Å². The minimum Gasteiger partial charge on any atom is -0.467 e. The predicted molar refractivity (Wildman–Crippen MR) is 104 cm³/mol. The lowest BCUT2D eigenvalue weighted by Gasteiger charge is -2.17. The summed E-state index contributed by atoms with van der Waals surface area (Å²) < 4.78 is 18.6. The van der Waals surface area contributed by atoms with Gasteiger partial charge < -0.3 is 15.1 Å². The lowest BCUT2D eigenvalue weighted by molar-refractivity contribution is 0.0791. The second kappa shape index (κ2) is 9.85. The monoisotopic (exact) mass is 396 g/mol. The standard InChI is InChI=1S/C19H25FN4O2.ClH/c1-24(19(25)14-9-17(11-21)26-12-14)7-3-6-16-10-18(23-22-16)13-4-2-5-15(20)8-13;/h2,4-5,8-9,12,16,18,22-23H,3,6-7,10-11,21H2,1H3;1H. The van der Waals surface area contributed by atoms with Crippen molar-refractivity contribution in [3.63, 3.8) is 0 Å². The molecule has 148 valence electrons. The fourth-order valence-electron chi connectivity index (χ4n) is 3.25. The van der Waals surface area contributed by atoms with Crippen LogP contribution in [0.5, 0.6) is 0 Å². The molecule has 2 atom stereocenters. The summed E-state index contributed by atoms with van der Waals surface area (Å²) in [5.41, 5.74) is 13.5. The molecule has 1 aromatic carbocycles. The molecule has 1 aliphatic heterocycles. The summed E-state index contributed by atoms with van der Waals surface area (Å²) in [6.07, 6.45) is 4.14. The van der Waals surface area contributed by atoms with Crippen LogP contribution in [0.4, 0.5) is 4.39 Å². The van der Waals surface area contributed by atoms with Crippen molar-refractivity contribution in [3.05, 3.63) is 59.3 Å². The number of furan rings is 1. The number of nitrogens with zero attached hydrogens (tertiary/aromatic N) is 1. The van der Waals surface area contributed by atoms with Crippen LogP contribution in [-0.4, -0.2) is 30.4 Å². The van der Waals surface area contributed by atoms with E-state index in [1.807, 2.05) is 6.07 Å². The van der Waals surface area contributed by atoms with Crippen LogP contribution in [-0.2, 0) is 6.54 Å². The number of hydrazine groups is 1. The van der Waals surface area contributed by atoms with Crippen LogP contribution in [0.25, 0.3) is 0 Å². The maximum absolute atomic E-state index is 13.3. The van der Waals surface area contributed by atoms with Gasteiger partial charge in [-0.15, -0.1) is 12.4 Å². The highest BCUT2D eigenvalue weighted by atomic mass is 35.5. The summed E-state index contributed by atoms with van der Waals surface area (Å²) in [6, 6.07) is 8.76. The average Bonchev–Trinajstić information content (AvgIpc) is 3.30. The molecule has 1 saturated heterocycles. The molecular formula is C19H26ClFN4O2. The van der Waals surface area contributed by atoms with E-state index in [9.17, 15) is 9.18 Å². The van der Waals surface area contributed by atoms with Crippen LogP contribution in [0, 0.1) is 5.82 Å². The minimum absolute atomic E-state index is 0. The molecule has 0 bridgehead atoms. The lowest BCUT2D eigenvalue weighted by Crippen LogP contribution is -2.32. The van der Waals surface area contributed by atoms with E-state index in [1.54, 1.807) is 30.1 Å². The highest BCUT2D eigenvalue weighted by molar-refractivity contribution is 5.93. The van der Waals surface area contributed by atoms with E-state index in [4.69, 9.17) is 10.2 Å². The molecule has 27 heavy (non-hydrogen) atoms. The van der Waals surface area contributed by atoms with E-state index in [2.05, 4.69) is 10.9 Å². The van der Waals surface area contributed by atoms with E-state index in [-0.39, 0.29) is 36.7 Å². The molecule has 0 aliphatic carbocycles. The molecule has 4 N–H and O–H groups in total. The molecule has 8 heteroatoms. The van der Waals surface area contributed by atoms with Gasteiger partial charge in [0, 0.05) is 25.7 Å². The number of benzene rings is 1. The molecule has 1 aromatic heterocycles. The molecular weight excluding hydrogens is 371 g/mol. The summed E-state index contributed by atoms with van der Waals surface area (Å²) in [5.74, 6) is 0.319. The predicted octanol–water partition coefficient (Wildman–Crippen LogP) is 2.76. The van der Waals surface area contributed by atoms with E-state index >= 15 is 0 Å². The van der Waals surface area contributed by atoms with E-state index in [0.717, 1.165) is 24.8 Å². The van der Waals surface area contributed by atoms with Gasteiger partial charge in [-0.05, 0) is 43.0 Å². The van der Waals surface area contributed by atoms with Gasteiger partial charge in [-0.2, -0.15) is 0 Å². The Hall–Kier alpha value is -1.93. The van der Waals surface area contributed by atoms with Crippen molar-refractivity contribution in [2.45, 2.75) is 37.9 Å². The normalized spacial score (nSPS) is 18.9. The molecule has 0 saturated carbocycles. The van der Waals surface area contributed by atoms with Gasteiger partial charge in [-0.25, -0.2) is 4.39 Å². The maximum Gasteiger partial charge on any atom is 0.256 e. The Bertz CT molecular complexity index is 755. The van der Waals surface area contributed by atoms with Crippen molar-refractivity contribution >= 4 is 18.3 Å². The van der Waals surface area contributed by atoms with Gasteiger partial charge in [-0.1, -0.05) is 12.1 Å². The Morgan fingerprint density at radius 1 is 1.37 bits per heavy atom. The highest BCUT2D eigenvalue weighted by Gasteiger charge is 2.25. The number of nitrogens with one attached hydrogen (secondary N) is 2. The number of hydrogen-bond donors (Lipinski definition) is 3. The highest BCUT2D eigenvalue weighted by Crippen LogP contribution is 2.24. The SMILES string of the molecule is CN(CCCC1CC(c2cccc(F)c2)NN1)C(=O)c1coc(CN)c1.Cl. The fourth-order valence-corrected chi connectivity index (χ4v) is 3.25. The Morgan fingerprint density at radius 3 is 2.89 bits per heavy atom. The molecule has 0 radical (unpaired) electrons. The average molecular weight is 397 g/mol. The molecule has 1 fully saturated rings. The number of carbonyl (C=O) groups excluding carboxylic acids is 1. The van der Waals surface area contributed by atoms with Crippen molar-refractivity contribution < 1.29 is 13.6 Å². The van der Waals surface area contributed by atoms with Crippen LogP contribution in [0.3, 0.4) is 0 Å². The molecule has 1 aliphatic rings. The Labute approximate surface area is 164 Å². The molecule has 2 unspecified atom stereocenters. The third-order valence-corrected chi connectivity index (χ3v) is 4.73. The van der Waals surface area contributed by atoms with Gasteiger partial charge in [0.2, 0.25) is 0 Å². The number of carbonyl (C=O) groups is 1. The lowest BCUT2D eigenvalue weighted by atomic mass is 9.99. The van der Waals surface area contributed by atoms with Crippen LogP contribution in [0.1, 0.15) is 47.0 Å². The molecule has 2 aromatic rings. The van der Waals surface area contributed by atoms with Gasteiger partial charge in [-0.3, -0.25) is 15.6 Å². The third-order valence-electron chi connectivity index (χ3n) is 4.73. The summed E-state index contributed by atoms with van der Waals surface area (Å²) in [6.45, 7) is 0.939. The smallest absolute Gasteiger partial charge is 0.256 e. The van der Waals surface area contributed by atoms with Crippen molar-refractivity contribution in [1.82, 2.24) is 15.8 Å². The van der Waals surface area contributed by atoms with E-state index in [0.29, 0.717) is 23.9 Å². The zero-order valence-electron chi connectivity index (χ0n) is 15.3. The number of hydrogen-bond acceptors (Lipinski definition) is 5. The summed E-state index contributed by atoms with van der Waals surface area (Å²) in [5, 5.41) is 0. The molecule has 6 nitrogen and oxygen atoms in total. The van der Waals surface area contributed by atoms with Crippen molar-refractivity contribution in [2.75, 3.05) is 13.6 Å². The number of amides is 1.